The number of rotatable bonds is 4. The molecule has 31 heavy (non-hydrogen) atoms. The van der Waals surface area contributed by atoms with E-state index in [9.17, 15) is 9.18 Å². The third-order valence-corrected chi connectivity index (χ3v) is 7.15. The second-order valence-corrected chi connectivity index (χ2v) is 8.99. The highest BCUT2D eigenvalue weighted by atomic mass is 32.1. The van der Waals surface area contributed by atoms with Crippen molar-refractivity contribution in [2.75, 3.05) is 26.7 Å². The lowest BCUT2D eigenvalue weighted by Gasteiger charge is -2.33. The molecule has 0 bridgehead atoms. The van der Waals surface area contributed by atoms with Gasteiger partial charge in [0, 0.05) is 61.1 Å². The molecule has 1 fully saturated rings. The number of aryl methyl sites for hydroxylation is 1. The van der Waals surface area contributed by atoms with Crippen LogP contribution in [0.3, 0.4) is 0 Å². The van der Waals surface area contributed by atoms with Gasteiger partial charge in [0.05, 0.1) is 17.6 Å². The lowest BCUT2D eigenvalue weighted by Crippen LogP contribution is -2.38. The molecule has 160 valence electrons. The summed E-state index contributed by atoms with van der Waals surface area (Å²) in [6.45, 7) is 2.76. The van der Waals surface area contributed by atoms with Crippen molar-refractivity contribution in [2.24, 2.45) is 7.05 Å². The molecule has 2 aromatic carbocycles. The Bertz CT molecular complexity index is 1280. The molecule has 0 radical (unpaired) electrons. The molecule has 0 saturated carbocycles. The van der Waals surface area contributed by atoms with Gasteiger partial charge in [-0.15, -0.1) is 11.3 Å². The number of morpholine rings is 1. The van der Waals surface area contributed by atoms with Crippen molar-refractivity contribution in [3.8, 4) is 0 Å². The number of thiophene rings is 1. The van der Waals surface area contributed by atoms with Crippen LogP contribution in [-0.2, 0) is 18.3 Å². The maximum atomic E-state index is 13.9. The van der Waals surface area contributed by atoms with Gasteiger partial charge in [-0.2, -0.15) is 0 Å². The number of halogens is 1. The van der Waals surface area contributed by atoms with E-state index >= 15 is 0 Å². The molecule has 4 aromatic rings. The van der Waals surface area contributed by atoms with Gasteiger partial charge in [-0.3, -0.25) is 9.69 Å². The summed E-state index contributed by atoms with van der Waals surface area (Å²) in [5, 5.41) is 4.78. The van der Waals surface area contributed by atoms with Crippen LogP contribution in [0.2, 0.25) is 0 Å². The van der Waals surface area contributed by atoms with Crippen molar-refractivity contribution < 1.29 is 13.9 Å². The minimum Gasteiger partial charge on any atom is -0.371 e. The number of ether oxygens (including phenoxy) is 1. The Morgan fingerprint density at radius 3 is 2.94 bits per heavy atom. The maximum Gasteiger partial charge on any atom is 0.261 e. The largest absolute Gasteiger partial charge is 0.371 e. The van der Waals surface area contributed by atoms with Crippen LogP contribution < -0.4 is 5.32 Å². The van der Waals surface area contributed by atoms with Crippen LogP contribution in [-0.4, -0.2) is 42.1 Å². The zero-order valence-corrected chi connectivity index (χ0v) is 18.3. The minimum absolute atomic E-state index is 0.0820. The van der Waals surface area contributed by atoms with Crippen molar-refractivity contribution in [3.63, 3.8) is 0 Å². The Labute approximate surface area is 184 Å². The Hall–Kier alpha value is -2.74. The van der Waals surface area contributed by atoms with E-state index in [0.717, 1.165) is 38.7 Å². The first-order chi connectivity index (χ1) is 15.0. The second-order valence-electron chi connectivity index (χ2n) is 7.94. The van der Waals surface area contributed by atoms with Gasteiger partial charge in [0.25, 0.3) is 5.91 Å². The molecule has 5 nitrogen and oxygen atoms in total. The van der Waals surface area contributed by atoms with Crippen LogP contribution in [0.5, 0.6) is 0 Å². The lowest BCUT2D eigenvalue weighted by atomic mass is 10.0. The SMILES string of the molecule is CNC(=O)c1sc2ccccc2c1C1CN(Cc2cn(C)c3ccc(F)cc23)CCO1. The summed E-state index contributed by atoms with van der Waals surface area (Å²) in [7, 11) is 3.64. The molecule has 5 rings (SSSR count). The normalized spacial score (nSPS) is 17.5. The van der Waals surface area contributed by atoms with E-state index in [1.165, 1.54) is 17.4 Å². The number of carbonyl (C=O) groups is 1. The van der Waals surface area contributed by atoms with E-state index in [1.54, 1.807) is 13.1 Å². The topological polar surface area (TPSA) is 46.5 Å². The summed E-state index contributed by atoms with van der Waals surface area (Å²) in [6, 6.07) is 13.0. The molecule has 1 N–H and O–H groups in total. The molecular formula is C24H24FN3O2S. The number of carbonyl (C=O) groups excluding carboxylic acids is 1. The average molecular weight is 438 g/mol. The molecular weight excluding hydrogens is 413 g/mol. The van der Waals surface area contributed by atoms with Crippen molar-refractivity contribution in [2.45, 2.75) is 12.6 Å². The summed E-state index contributed by atoms with van der Waals surface area (Å²) < 4.78 is 23.2. The van der Waals surface area contributed by atoms with Crippen LogP contribution in [0.1, 0.15) is 26.9 Å². The number of hydrogen-bond acceptors (Lipinski definition) is 4. The highest BCUT2D eigenvalue weighted by molar-refractivity contribution is 7.21. The molecule has 1 atom stereocenters. The first-order valence-electron chi connectivity index (χ1n) is 10.4. The quantitative estimate of drug-likeness (QED) is 0.513. The summed E-state index contributed by atoms with van der Waals surface area (Å²) in [4.78, 5) is 15.6. The zero-order chi connectivity index (χ0) is 21.5. The fourth-order valence-corrected chi connectivity index (χ4v) is 5.70. The number of nitrogens with one attached hydrogen (secondary N) is 1. The highest BCUT2D eigenvalue weighted by Crippen LogP contribution is 2.38. The fraction of sp³-hybridized carbons (Fsp3) is 0.292. The Morgan fingerprint density at radius 2 is 2.10 bits per heavy atom. The molecule has 1 aliphatic rings. The van der Waals surface area contributed by atoms with E-state index in [1.807, 2.05) is 35.9 Å². The van der Waals surface area contributed by atoms with Crippen LogP contribution in [0, 0.1) is 5.82 Å². The van der Waals surface area contributed by atoms with E-state index in [2.05, 4.69) is 22.5 Å². The third-order valence-electron chi connectivity index (χ3n) is 5.97. The van der Waals surface area contributed by atoms with Crippen LogP contribution >= 0.6 is 11.3 Å². The first-order valence-corrected chi connectivity index (χ1v) is 11.2. The maximum absolute atomic E-state index is 13.9. The minimum atomic E-state index is -0.222. The smallest absolute Gasteiger partial charge is 0.261 e. The Kier molecular flexibility index (Phi) is 5.25. The second kappa shape index (κ2) is 8.07. The van der Waals surface area contributed by atoms with Gasteiger partial charge in [-0.25, -0.2) is 4.39 Å². The summed E-state index contributed by atoms with van der Waals surface area (Å²) in [6.07, 6.45) is 1.88. The van der Waals surface area contributed by atoms with Crippen LogP contribution in [0.4, 0.5) is 4.39 Å². The van der Waals surface area contributed by atoms with Crippen molar-refractivity contribution in [1.29, 1.82) is 0 Å². The molecule has 1 unspecified atom stereocenters. The molecule has 1 aliphatic heterocycles. The lowest BCUT2D eigenvalue weighted by molar-refractivity contribution is -0.0322. The standard InChI is InChI=1S/C24H24FN3O2S/c1-26-24(29)23-22(17-5-3-4-6-21(17)31-23)20-14-28(9-10-30-20)13-15-12-27(2)19-8-7-16(25)11-18(15)19/h3-8,11-12,20H,9-10,13-14H2,1-2H3,(H,26,29). The molecule has 3 heterocycles. The van der Waals surface area contributed by atoms with Crippen molar-refractivity contribution in [3.05, 3.63) is 70.5 Å². The van der Waals surface area contributed by atoms with E-state index in [4.69, 9.17) is 4.74 Å². The number of fused-ring (bicyclic) bond motifs is 2. The first kappa shape index (κ1) is 20.2. The summed E-state index contributed by atoms with van der Waals surface area (Å²) in [5.41, 5.74) is 3.08. The van der Waals surface area contributed by atoms with Crippen molar-refractivity contribution in [1.82, 2.24) is 14.8 Å². The van der Waals surface area contributed by atoms with E-state index in [0.29, 0.717) is 24.6 Å². The molecule has 0 aliphatic carbocycles. The fourth-order valence-electron chi connectivity index (χ4n) is 4.50. The van der Waals surface area contributed by atoms with Gasteiger partial charge in [0.1, 0.15) is 5.82 Å². The molecule has 0 spiro atoms. The Balaban J connectivity index is 1.47. The number of hydrogen-bond donors (Lipinski definition) is 1. The van der Waals surface area contributed by atoms with E-state index in [-0.39, 0.29) is 17.8 Å². The molecule has 1 saturated heterocycles. The molecule has 7 heteroatoms. The number of amides is 1. The van der Waals surface area contributed by atoms with Gasteiger partial charge >= 0.3 is 0 Å². The average Bonchev–Trinajstić information content (AvgIpc) is 3.31. The summed E-state index contributed by atoms with van der Waals surface area (Å²) >= 11 is 1.51. The van der Waals surface area contributed by atoms with Gasteiger partial charge < -0.3 is 14.6 Å². The van der Waals surface area contributed by atoms with E-state index < -0.39 is 0 Å². The number of benzene rings is 2. The zero-order valence-electron chi connectivity index (χ0n) is 17.5. The van der Waals surface area contributed by atoms with Gasteiger partial charge in [0.15, 0.2) is 0 Å². The molecule has 1 amide bonds. The highest BCUT2D eigenvalue weighted by Gasteiger charge is 2.29. The summed E-state index contributed by atoms with van der Waals surface area (Å²) in [5.74, 6) is -0.304. The van der Waals surface area contributed by atoms with Crippen LogP contribution in [0.15, 0.2) is 48.7 Å². The van der Waals surface area contributed by atoms with Gasteiger partial charge in [0.2, 0.25) is 0 Å². The predicted octanol–water partition coefficient (Wildman–Crippen LogP) is 4.47. The van der Waals surface area contributed by atoms with Gasteiger partial charge in [-0.05, 0) is 35.2 Å². The molecule has 2 aromatic heterocycles. The third kappa shape index (κ3) is 3.63. The Morgan fingerprint density at radius 1 is 1.26 bits per heavy atom. The van der Waals surface area contributed by atoms with Crippen LogP contribution in [0.25, 0.3) is 21.0 Å². The number of aromatic nitrogens is 1. The monoisotopic (exact) mass is 437 g/mol. The predicted molar refractivity (Wildman–Crippen MR) is 122 cm³/mol. The van der Waals surface area contributed by atoms with Crippen molar-refractivity contribution >= 4 is 38.2 Å². The van der Waals surface area contributed by atoms with Gasteiger partial charge in [-0.1, -0.05) is 18.2 Å². The number of nitrogens with zero attached hydrogens (tertiary/aromatic N) is 2.